The molecule has 0 aromatic heterocycles. The zero-order valence-corrected chi connectivity index (χ0v) is 13.2. The van der Waals surface area contributed by atoms with Gasteiger partial charge in [-0.25, -0.2) is 0 Å². The Hall–Kier alpha value is -1.06. The fourth-order valence-electron chi connectivity index (χ4n) is 3.97. The molecule has 1 saturated heterocycles. The van der Waals surface area contributed by atoms with Crippen molar-refractivity contribution >= 4 is 5.69 Å². The Morgan fingerprint density at radius 1 is 1.14 bits per heavy atom. The van der Waals surface area contributed by atoms with E-state index in [0.717, 1.165) is 32.8 Å². The second-order valence-electron chi connectivity index (χ2n) is 6.67. The third-order valence-corrected chi connectivity index (χ3v) is 5.28. The van der Waals surface area contributed by atoms with Gasteiger partial charge in [-0.05, 0) is 31.4 Å². The zero-order chi connectivity index (χ0) is 14.7. The average Bonchev–Trinajstić information content (AvgIpc) is 2.56. The van der Waals surface area contributed by atoms with Gasteiger partial charge in [0.1, 0.15) is 0 Å². The van der Waals surface area contributed by atoms with Crippen LogP contribution in [0.15, 0.2) is 18.2 Å². The largest absolute Gasteiger partial charge is 0.378 e. The quantitative estimate of drug-likeness (QED) is 0.929. The first-order chi connectivity index (χ1) is 10.2. The number of nitrogens with zero attached hydrogens (tertiary/aromatic N) is 1. The molecule has 3 rings (SSSR count). The predicted molar refractivity (Wildman–Crippen MR) is 88.0 cm³/mol. The van der Waals surface area contributed by atoms with Crippen LogP contribution in [-0.4, -0.2) is 32.8 Å². The van der Waals surface area contributed by atoms with Gasteiger partial charge in [0.15, 0.2) is 0 Å². The summed E-state index contributed by atoms with van der Waals surface area (Å²) in [4.78, 5) is 2.49. The van der Waals surface area contributed by atoms with Crippen LogP contribution in [0.1, 0.15) is 43.2 Å². The highest BCUT2D eigenvalue weighted by Crippen LogP contribution is 2.43. The number of anilines is 1. The van der Waals surface area contributed by atoms with Crippen molar-refractivity contribution < 1.29 is 4.74 Å². The number of rotatable bonds is 3. The van der Waals surface area contributed by atoms with E-state index in [1.165, 1.54) is 48.9 Å². The normalized spacial score (nSPS) is 22.3. The molecule has 1 heterocycles. The van der Waals surface area contributed by atoms with Gasteiger partial charge in [-0.15, -0.1) is 0 Å². The summed E-state index contributed by atoms with van der Waals surface area (Å²) in [6.45, 7) is 6.63. The van der Waals surface area contributed by atoms with Gasteiger partial charge in [-0.2, -0.15) is 0 Å². The molecule has 0 spiro atoms. The van der Waals surface area contributed by atoms with Gasteiger partial charge in [0, 0.05) is 30.7 Å². The fourth-order valence-corrected chi connectivity index (χ4v) is 3.97. The summed E-state index contributed by atoms with van der Waals surface area (Å²) in [5.41, 5.74) is 10.7. The molecule has 1 aromatic carbocycles. The van der Waals surface area contributed by atoms with E-state index < -0.39 is 0 Å². The molecular formula is C18H28N2O. The number of hydrogen-bond acceptors (Lipinski definition) is 3. The SMILES string of the molecule is Cc1ccc(N2CCOCC2)c(C2(CN)CCCCC2)c1. The minimum absolute atomic E-state index is 0.192. The van der Waals surface area contributed by atoms with Crippen molar-refractivity contribution in [3.63, 3.8) is 0 Å². The summed E-state index contributed by atoms with van der Waals surface area (Å²) in [5, 5.41) is 0. The maximum absolute atomic E-state index is 6.28. The standard InChI is InChI=1S/C18H28N2O/c1-15-5-6-17(20-9-11-21-12-10-20)16(13-15)18(14-19)7-3-2-4-8-18/h5-6,13H,2-4,7-12,14,19H2,1H3. The molecular weight excluding hydrogens is 260 g/mol. The van der Waals surface area contributed by atoms with E-state index in [1.54, 1.807) is 0 Å². The van der Waals surface area contributed by atoms with Crippen LogP contribution in [0.3, 0.4) is 0 Å². The monoisotopic (exact) mass is 288 g/mol. The van der Waals surface area contributed by atoms with Crippen molar-refractivity contribution in [1.29, 1.82) is 0 Å². The van der Waals surface area contributed by atoms with Crippen LogP contribution in [0.4, 0.5) is 5.69 Å². The van der Waals surface area contributed by atoms with Gasteiger partial charge in [0.05, 0.1) is 13.2 Å². The minimum atomic E-state index is 0.192. The highest BCUT2D eigenvalue weighted by atomic mass is 16.5. The third-order valence-electron chi connectivity index (χ3n) is 5.28. The lowest BCUT2D eigenvalue weighted by Gasteiger charge is -2.41. The molecule has 1 aliphatic heterocycles. The summed E-state index contributed by atoms with van der Waals surface area (Å²) in [7, 11) is 0. The molecule has 3 nitrogen and oxygen atoms in total. The van der Waals surface area contributed by atoms with E-state index in [1.807, 2.05) is 0 Å². The molecule has 0 amide bonds. The Balaban J connectivity index is 2.00. The van der Waals surface area contributed by atoms with E-state index in [0.29, 0.717) is 0 Å². The zero-order valence-electron chi connectivity index (χ0n) is 13.2. The van der Waals surface area contributed by atoms with Gasteiger partial charge >= 0.3 is 0 Å². The van der Waals surface area contributed by atoms with E-state index in [-0.39, 0.29) is 5.41 Å². The van der Waals surface area contributed by atoms with E-state index in [4.69, 9.17) is 10.5 Å². The van der Waals surface area contributed by atoms with Crippen molar-refractivity contribution in [2.45, 2.75) is 44.4 Å². The molecule has 1 saturated carbocycles. The van der Waals surface area contributed by atoms with E-state index in [2.05, 4.69) is 30.0 Å². The molecule has 0 unspecified atom stereocenters. The highest BCUT2D eigenvalue weighted by molar-refractivity contribution is 5.59. The molecule has 0 radical (unpaired) electrons. The Bertz CT molecular complexity index is 474. The smallest absolute Gasteiger partial charge is 0.0642 e. The Labute approximate surface area is 128 Å². The highest BCUT2D eigenvalue weighted by Gasteiger charge is 2.35. The van der Waals surface area contributed by atoms with Gasteiger partial charge in [0.2, 0.25) is 0 Å². The number of nitrogens with two attached hydrogens (primary N) is 1. The lowest BCUT2D eigenvalue weighted by molar-refractivity contribution is 0.122. The first kappa shape index (κ1) is 14.9. The molecule has 1 aromatic rings. The van der Waals surface area contributed by atoms with Gasteiger partial charge in [-0.3, -0.25) is 0 Å². The van der Waals surface area contributed by atoms with Crippen molar-refractivity contribution in [1.82, 2.24) is 0 Å². The first-order valence-corrected chi connectivity index (χ1v) is 8.39. The first-order valence-electron chi connectivity index (χ1n) is 8.39. The molecule has 3 heteroatoms. The van der Waals surface area contributed by atoms with Crippen LogP contribution in [0, 0.1) is 6.92 Å². The topological polar surface area (TPSA) is 38.5 Å². The minimum Gasteiger partial charge on any atom is -0.378 e. The number of ether oxygens (including phenoxy) is 1. The maximum atomic E-state index is 6.28. The number of hydrogen-bond donors (Lipinski definition) is 1. The van der Waals surface area contributed by atoms with Crippen LogP contribution in [-0.2, 0) is 10.2 Å². The second kappa shape index (κ2) is 6.37. The second-order valence-corrected chi connectivity index (χ2v) is 6.67. The summed E-state index contributed by atoms with van der Waals surface area (Å²) < 4.78 is 5.52. The molecule has 0 atom stereocenters. The number of benzene rings is 1. The summed E-state index contributed by atoms with van der Waals surface area (Å²) in [6, 6.07) is 6.94. The van der Waals surface area contributed by atoms with Crippen LogP contribution in [0.2, 0.25) is 0 Å². The predicted octanol–water partition coefficient (Wildman–Crippen LogP) is 2.99. The Kier molecular flexibility index (Phi) is 4.51. The fraction of sp³-hybridized carbons (Fsp3) is 0.667. The van der Waals surface area contributed by atoms with Crippen molar-refractivity contribution in [2.24, 2.45) is 5.73 Å². The average molecular weight is 288 g/mol. The third kappa shape index (κ3) is 2.95. The molecule has 116 valence electrons. The van der Waals surface area contributed by atoms with Crippen molar-refractivity contribution in [2.75, 3.05) is 37.7 Å². The van der Waals surface area contributed by atoms with Crippen molar-refractivity contribution in [3.05, 3.63) is 29.3 Å². The van der Waals surface area contributed by atoms with Gasteiger partial charge < -0.3 is 15.4 Å². The van der Waals surface area contributed by atoms with Gasteiger partial charge in [-0.1, -0.05) is 37.0 Å². The maximum Gasteiger partial charge on any atom is 0.0642 e. The molecule has 2 N–H and O–H groups in total. The molecule has 2 aliphatic rings. The molecule has 21 heavy (non-hydrogen) atoms. The summed E-state index contributed by atoms with van der Waals surface area (Å²) in [5.74, 6) is 0. The van der Waals surface area contributed by atoms with Crippen LogP contribution >= 0.6 is 0 Å². The van der Waals surface area contributed by atoms with Crippen LogP contribution in [0.25, 0.3) is 0 Å². The lowest BCUT2D eigenvalue weighted by atomic mass is 9.68. The Morgan fingerprint density at radius 3 is 2.52 bits per heavy atom. The van der Waals surface area contributed by atoms with E-state index >= 15 is 0 Å². The molecule has 0 bridgehead atoms. The Morgan fingerprint density at radius 2 is 1.86 bits per heavy atom. The van der Waals surface area contributed by atoms with E-state index in [9.17, 15) is 0 Å². The summed E-state index contributed by atoms with van der Waals surface area (Å²) >= 11 is 0. The summed E-state index contributed by atoms with van der Waals surface area (Å²) in [6.07, 6.45) is 6.47. The van der Waals surface area contributed by atoms with Crippen molar-refractivity contribution in [3.8, 4) is 0 Å². The lowest BCUT2D eigenvalue weighted by Crippen LogP contribution is -2.42. The van der Waals surface area contributed by atoms with Crippen LogP contribution < -0.4 is 10.6 Å². The van der Waals surface area contributed by atoms with Crippen LogP contribution in [0.5, 0.6) is 0 Å². The molecule has 1 aliphatic carbocycles. The number of morpholine rings is 1. The molecule has 2 fully saturated rings. The van der Waals surface area contributed by atoms with Gasteiger partial charge in [0.25, 0.3) is 0 Å². The number of aryl methyl sites for hydroxylation is 1.